The Morgan fingerprint density at radius 1 is 0.567 bits per heavy atom. The van der Waals surface area contributed by atoms with Crippen molar-refractivity contribution < 1.29 is 49.3 Å². The number of amides is 1. The van der Waals surface area contributed by atoms with Gasteiger partial charge in [0.15, 0.2) is 12.4 Å². The highest BCUT2D eigenvalue weighted by atomic mass is 16.7. The SMILES string of the molecule is CCCCCCCC/C=C\CCCCCC(=O)OC1C(OCC(NC(=O)C(O)CCCCCCCCCCCCCCC)C(O)/C=C/CCCCCCCCCCCC)OC(CO)C(O)C1O. The number of aliphatic hydroxyl groups is 5. The maximum Gasteiger partial charge on any atom is 0.306 e. The Morgan fingerprint density at radius 3 is 1.45 bits per heavy atom. The summed E-state index contributed by atoms with van der Waals surface area (Å²) in [5.74, 6) is -1.20. The summed E-state index contributed by atoms with van der Waals surface area (Å²) in [6.45, 7) is 5.76. The first-order valence-electron chi connectivity index (χ1n) is 28.1. The van der Waals surface area contributed by atoms with E-state index >= 15 is 0 Å². The molecule has 6 N–H and O–H groups in total. The second-order valence-electron chi connectivity index (χ2n) is 19.7. The lowest BCUT2D eigenvalue weighted by molar-refractivity contribution is -0.305. The fraction of sp³-hybridized carbons (Fsp3) is 0.893. The average molecular weight is 952 g/mol. The number of hydrogen-bond donors (Lipinski definition) is 6. The number of carbonyl (C=O) groups excluding carboxylic acids is 2. The van der Waals surface area contributed by atoms with Gasteiger partial charge in [0.2, 0.25) is 5.91 Å². The minimum Gasteiger partial charge on any atom is -0.454 e. The molecule has 0 aromatic heterocycles. The van der Waals surface area contributed by atoms with Crippen molar-refractivity contribution in [1.82, 2.24) is 5.32 Å². The number of esters is 1. The zero-order valence-corrected chi connectivity index (χ0v) is 43.3. The van der Waals surface area contributed by atoms with Crippen LogP contribution in [0.15, 0.2) is 24.3 Å². The summed E-state index contributed by atoms with van der Waals surface area (Å²) in [7, 11) is 0. The Hall–Kier alpha value is -1.86. The third kappa shape index (κ3) is 34.2. The zero-order valence-electron chi connectivity index (χ0n) is 43.3. The summed E-state index contributed by atoms with van der Waals surface area (Å²) in [5, 5.41) is 56.7. The predicted octanol–water partition coefficient (Wildman–Crippen LogP) is 12.2. The van der Waals surface area contributed by atoms with E-state index in [2.05, 4.69) is 38.2 Å². The minimum absolute atomic E-state index is 0.106. The van der Waals surface area contributed by atoms with Crippen LogP contribution < -0.4 is 5.32 Å². The molecule has 0 aromatic carbocycles. The van der Waals surface area contributed by atoms with E-state index in [1.54, 1.807) is 6.08 Å². The van der Waals surface area contributed by atoms with E-state index < -0.39 is 67.4 Å². The van der Waals surface area contributed by atoms with E-state index in [-0.39, 0.29) is 13.0 Å². The molecule has 394 valence electrons. The van der Waals surface area contributed by atoms with Gasteiger partial charge in [-0.2, -0.15) is 0 Å². The van der Waals surface area contributed by atoms with Crippen LogP contribution in [0, 0.1) is 0 Å². The summed E-state index contributed by atoms with van der Waals surface area (Å²) in [6, 6.07) is -1.02. The molecule has 0 spiro atoms. The molecule has 1 amide bonds. The van der Waals surface area contributed by atoms with Crippen molar-refractivity contribution in [3.8, 4) is 0 Å². The molecule has 11 heteroatoms. The first-order chi connectivity index (χ1) is 32.7. The van der Waals surface area contributed by atoms with Crippen molar-refractivity contribution in [2.75, 3.05) is 13.2 Å². The van der Waals surface area contributed by atoms with Gasteiger partial charge in [0.05, 0.1) is 25.4 Å². The van der Waals surface area contributed by atoms with E-state index in [1.165, 1.54) is 148 Å². The number of ether oxygens (including phenoxy) is 3. The third-order valence-electron chi connectivity index (χ3n) is 13.4. The van der Waals surface area contributed by atoms with Crippen molar-refractivity contribution in [2.45, 2.75) is 307 Å². The molecule has 0 aliphatic carbocycles. The van der Waals surface area contributed by atoms with Crippen LogP contribution >= 0.6 is 0 Å². The molecular formula is C56H105NO10. The average Bonchev–Trinajstić information content (AvgIpc) is 3.32. The van der Waals surface area contributed by atoms with E-state index in [0.717, 1.165) is 64.2 Å². The number of allylic oxidation sites excluding steroid dienone is 3. The Kier molecular flexibility index (Phi) is 42.7. The van der Waals surface area contributed by atoms with Gasteiger partial charge in [0.25, 0.3) is 0 Å². The van der Waals surface area contributed by atoms with Crippen molar-refractivity contribution in [1.29, 1.82) is 0 Å². The molecule has 1 aliphatic rings. The Morgan fingerprint density at radius 2 is 0.985 bits per heavy atom. The van der Waals surface area contributed by atoms with Crippen LogP contribution in [0.3, 0.4) is 0 Å². The summed E-state index contributed by atoms with van der Waals surface area (Å²) in [5.41, 5.74) is 0. The number of hydrogen-bond acceptors (Lipinski definition) is 10. The van der Waals surface area contributed by atoms with E-state index in [0.29, 0.717) is 19.3 Å². The first-order valence-corrected chi connectivity index (χ1v) is 28.1. The van der Waals surface area contributed by atoms with Crippen LogP contribution in [-0.4, -0.2) is 99.6 Å². The number of nitrogens with one attached hydrogen (secondary N) is 1. The summed E-state index contributed by atoms with van der Waals surface area (Å²) in [6.07, 6.45) is 39.4. The predicted molar refractivity (Wildman–Crippen MR) is 274 cm³/mol. The number of aliphatic hydroxyl groups excluding tert-OH is 5. The third-order valence-corrected chi connectivity index (χ3v) is 13.4. The van der Waals surface area contributed by atoms with Crippen molar-refractivity contribution >= 4 is 11.9 Å². The molecule has 8 atom stereocenters. The quantitative estimate of drug-likeness (QED) is 0.0196. The molecule has 1 fully saturated rings. The number of unbranched alkanes of at least 4 members (excludes halogenated alkanes) is 31. The maximum absolute atomic E-state index is 13.3. The molecule has 0 radical (unpaired) electrons. The summed E-state index contributed by atoms with van der Waals surface area (Å²) in [4.78, 5) is 26.4. The normalized spacial score (nSPS) is 20.1. The molecular weight excluding hydrogens is 847 g/mol. The maximum atomic E-state index is 13.3. The monoisotopic (exact) mass is 952 g/mol. The zero-order chi connectivity index (χ0) is 49.0. The molecule has 0 bridgehead atoms. The molecule has 1 aliphatic heterocycles. The van der Waals surface area contributed by atoms with Crippen LogP contribution in [0.4, 0.5) is 0 Å². The highest BCUT2D eigenvalue weighted by Crippen LogP contribution is 2.26. The summed E-state index contributed by atoms with van der Waals surface area (Å²) < 4.78 is 17.5. The van der Waals surface area contributed by atoms with Gasteiger partial charge < -0.3 is 45.1 Å². The van der Waals surface area contributed by atoms with Gasteiger partial charge in [0.1, 0.15) is 24.4 Å². The molecule has 1 heterocycles. The molecule has 1 rings (SSSR count). The van der Waals surface area contributed by atoms with Crippen LogP contribution in [0.2, 0.25) is 0 Å². The molecule has 11 nitrogen and oxygen atoms in total. The highest BCUT2D eigenvalue weighted by molar-refractivity contribution is 5.80. The minimum atomic E-state index is -1.61. The first kappa shape index (κ1) is 63.2. The Labute approximate surface area is 410 Å². The lowest BCUT2D eigenvalue weighted by atomic mass is 9.99. The Balaban J connectivity index is 2.76. The molecule has 8 unspecified atom stereocenters. The number of rotatable bonds is 47. The van der Waals surface area contributed by atoms with Crippen molar-refractivity contribution in [2.24, 2.45) is 0 Å². The lowest BCUT2D eigenvalue weighted by Crippen LogP contribution is -2.61. The molecule has 1 saturated heterocycles. The Bertz CT molecular complexity index is 1180. The smallest absolute Gasteiger partial charge is 0.306 e. The van der Waals surface area contributed by atoms with Crippen LogP contribution in [0.25, 0.3) is 0 Å². The van der Waals surface area contributed by atoms with E-state index in [4.69, 9.17) is 14.2 Å². The second kappa shape index (κ2) is 45.3. The van der Waals surface area contributed by atoms with Crippen LogP contribution in [0.5, 0.6) is 0 Å². The topological polar surface area (TPSA) is 175 Å². The van der Waals surface area contributed by atoms with Gasteiger partial charge in [-0.25, -0.2) is 0 Å². The second-order valence-corrected chi connectivity index (χ2v) is 19.7. The van der Waals surface area contributed by atoms with Gasteiger partial charge in [0, 0.05) is 6.42 Å². The van der Waals surface area contributed by atoms with Gasteiger partial charge in [-0.05, 0) is 51.4 Å². The van der Waals surface area contributed by atoms with E-state index in [1.807, 2.05) is 6.08 Å². The van der Waals surface area contributed by atoms with E-state index in [9.17, 15) is 35.1 Å². The van der Waals surface area contributed by atoms with Crippen LogP contribution in [0.1, 0.15) is 258 Å². The summed E-state index contributed by atoms with van der Waals surface area (Å²) >= 11 is 0. The van der Waals surface area contributed by atoms with Crippen molar-refractivity contribution in [3.05, 3.63) is 24.3 Å². The molecule has 0 aromatic rings. The number of carbonyl (C=O) groups is 2. The van der Waals surface area contributed by atoms with Crippen molar-refractivity contribution in [3.63, 3.8) is 0 Å². The van der Waals surface area contributed by atoms with Gasteiger partial charge in [-0.3, -0.25) is 9.59 Å². The fourth-order valence-electron chi connectivity index (χ4n) is 8.82. The molecule has 0 saturated carbocycles. The van der Waals surface area contributed by atoms with Gasteiger partial charge in [-0.1, -0.05) is 225 Å². The molecule has 67 heavy (non-hydrogen) atoms. The fourth-order valence-corrected chi connectivity index (χ4v) is 8.82. The lowest BCUT2D eigenvalue weighted by Gasteiger charge is -2.41. The largest absolute Gasteiger partial charge is 0.454 e. The van der Waals surface area contributed by atoms with Gasteiger partial charge in [-0.15, -0.1) is 0 Å². The van der Waals surface area contributed by atoms with Crippen LogP contribution in [-0.2, 0) is 23.8 Å². The standard InChI is InChI=1S/C56H105NO10/c1-4-7-10-13-16-19-22-25-28-31-34-37-40-43-49(60)55(64)57-47(48(59)42-39-36-33-30-27-24-21-18-15-12-9-6-3)46-65-56-54(53(63)52(62)50(45-58)66-56)67-51(61)44-41-38-35-32-29-26-23-20-17-14-11-8-5-2/h26,29,39,42,47-50,52-54,56,58-60,62-63H,4-25,27-28,30-38,40-41,43-46H2,1-3H3,(H,57,64)/b29-26-,42-39+. The highest BCUT2D eigenvalue weighted by Gasteiger charge is 2.47. The van der Waals surface area contributed by atoms with Gasteiger partial charge >= 0.3 is 5.97 Å².